The Morgan fingerprint density at radius 2 is 1.72 bits per heavy atom. The number of hydrogen-bond donors (Lipinski definition) is 1. The van der Waals surface area contributed by atoms with E-state index in [9.17, 15) is 5.11 Å². The number of ether oxygens (including phenoxy) is 1. The second kappa shape index (κ2) is 9.72. The first kappa shape index (κ1) is 20.4. The Kier molecular flexibility index (Phi) is 7.95. The number of phenolic OH excluding ortho intramolecular Hbond substituents is 1. The molecule has 0 atom stereocenters. The summed E-state index contributed by atoms with van der Waals surface area (Å²) in [7, 11) is 0. The molecule has 0 aliphatic rings. The fourth-order valence-electron chi connectivity index (χ4n) is 2.61. The average Bonchev–Trinajstić information content (AvgIpc) is 2.55. The summed E-state index contributed by atoms with van der Waals surface area (Å²) in [5, 5.41) is 9.82. The molecular weight excluding hydrogens is 395 g/mol. The van der Waals surface area contributed by atoms with Gasteiger partial charge in [-0.2, -0.15) is 0 Å². The summed E-state index contributed by atoms with van der Waals surface area (Å²) in [4.78, 5) is 0. The summed E-state index contributed by atoms with van der Waals surface area (Å²) in [5.41, 5.74) is 3.23. The van der Waals surface area contributed by atoms with Gasteiger partial charge in [0.2, 0.25) is 0 Å². The predicted molar refractivity (Wildman–Crippen MR) is 110 cm³/mol. The summed E-state index contributed by atoms with van der Waals surface area (Å²) in [6.45, 7) is 2.88. The first-order valence-corrected chi connectivity index (χ1v) is 13.7. The van der Waals surface area contributed by atoms with Crippen molar-refractivity contribution in [1.29, 1.82) is 0 Å². The van der Waals surface area contributed by atoms with Crippen molar-refractivity contribution in [2.24, 2.45) is 0 Å². The minimum Gasteiger partial charge on any atom is -0.508 e. The van der Waals surface area contributed by atoms with Crippen LogP contribution in [0.25, 0.3) is 11.1 Å². The van der Waals surface area contributed by atoms with E-state index in [1.54, 1.807) is 12.1 Å². The molecule has 25 heavy (non-hydrogen) atoms. The molecule has 0 spiro atoms. The minimum atomic E-state index is -2.61. The van der Waals surface area contributed by atoms with Crippen molar-refractivity contribution in [3.63, 3.8) is 0 Å². The summed E-state index contributed by atoms with van der Waals surface area (Å²) in [6.07, 6.45) is 3.72. The van der Waals surface area contributed by atoms with Crippen molar-refractivity contribution in [2.45, 2.75) is 38.7 Å². The van der Waals surface area contributed by atoms with E-state index in [0.717, 1.165) is 54.7 Å². The molecule has 0 bridgehead atoms. The zero-order chi connectivity index (χ0) is 18.3. The largest absolute Gasteiger partial charge is 0.508 e. The van der Waals surface area contributed by atoms with Crippen molar-refractivity contribution in [2.75, 3.05) is 6.61 Å². The van der Waals surface area contributed by atoms with Crippen molar-refractivity contribution in [3.05, 3.63) is 48.0 Å². The van der Waals surface area contributed by atoms with E-state index < -0.39 is 6.00 Å². The molecule has 0 aromatic heterocycles. The Morgan fingerprint density at radius 3 is 2.36 bits per heavy atom. The van der Waals surface area contributed by atoms with Gasteiger partial charge in [0.1, 0.15) is 11.5 Å². The third-order valence-corrected chi connectivity index (χ3v) is 6.55. The van der Waals surface area contributed by atoms with Gasteiger partial charge in [0, 0.05) is 0 Å². The first-order chi connectivity index (χ1) is 11.9. The first-order valence-electron chi connectivity index (χ1n) is 8.51. The van der Waals surface area contributed by atoms with Gasteiger partial charge in [-0.25, -0.2) is 0 Å². The lowest BCUT2D eigenvalue weighted by atomic mass is 9.96. The highest BCUT2D eigenvalue weighted by Crippen LogP contribution is 2.32. The number of halogens is 3. The van der Waals surface area contributed by atoms with Crippen LogP contribution in [0.15, 0.2) is 42.5 Å². The Balaban J connectivity index is 2.12. The quantitative estimate of drug-likeness (QED) is 0.275. The molecule has 1 N–H and O–H groups in total. The third-order valence-electron chi connectivity index (χ3n) is 3.93. The highest BCUT2D eigenvalue weighted by atomic mass is 35.8. The molecule has 0 radical (unpaired) electrons. The number of aromatic hydroxyl groups is 1. The number of benzene rings is 2. The van der Waals surface area contributed by atoms with Crippen LogP contribution in [0.3, 0.4) is 0 Å². The van der Waals surface area contributed by atoms with Gasteiger partial charge in [0.05, 0.1) is 6.61 Å². The Hall–Kier alpha value is -0.873. The summed E-state index contributed by atoms with van der Waals surface area (Å²) in [5.74, 6) is 1.13. The molecule has 2 rings (SSSR count). The number of rotatable bonds is 9. The van der Waals surface area contributed by atoms with Crippen LogP contribution in [0.4, 0.5) is 0 Å². The SMILES string of the molecule is CCCCOc1ccc(-c2ccc(O)cc2CCC[Si](Cl)(Cl)Cl)cc1. The maximum Gasteiger partial charge on any atom is 0.341 e. The van der Waals surface area contributed by atoms with E-state index in [4.69, 9.17) is 38.0 Å². The Morgan fingerprint density at radius 1 is 1.00 bits per heavy atom. The fraction of sp³-hybridized carbons (Fsp3) is 0.368. The van der Waals surface area contributed by atoms with Gasteiger partial charge < -0.3 is 9.84 Å². The molecule has 2 aromatic carbocycles. The molecular formula is C19H23Cl3O2Si. The third kappa shape index (κ3) is 7.10. The van der Waals surface area contributed by atoms with E-state index >= 15 is 0 Å². The maximum atomic E-state index is 9.82. The van der Waals surface area contributed by atoms with Crippen LogP contribution in [0.5, 0.6) is 11.5 Å². The molecule has 6 heteroatoms. The smallest absolute Gasteiger partial charge is 0.341 e. The average molecular weight is 418 g/mol. The van der Waals surface area contributed by atoms with Crippen LogP contribution in [0.1, 0.15) is 31.7 Å². The molecule has 2 aromatic rings. The zero-order valence-electron chi connectivity index (χ0n) is 14.3. The molecule has 0 heterocycles. The van der Waals surface area contributed by atoms with Crippen LogP contribution in [-0.4, -0.2) is 17.7 Å². The molecule has 0 saturated heterocycles. The van der Waals surface area contributed by atoms with Gasteiger partial charge in [-0.1, -0.05) is 31.5 Å². The van der Waals surface area contributed by atoms with E-state index in [0.29, 0.717) is 6.04 Å². The lowest BCUT2D eigenvalue weighted by Crippen LogP contribution is -2.08. The fourth-order valence-corrected chi connectivity index (χ4v) is 4.39. The van der Waals surface area contributed by atoms with Gasteiger partial charge in [-0.05, 0) is 66.3 Å². The predicted octanol–water partition coefficient (Wildman–Crippen LogP) is 6.83. The Bertz CT molecular complexity index is 669. The molecule has 0 aliphatic carbocycles. The molecule has 0 aliphatic heterocycles. The van der Waals surface area contributed by atoms with Gasteiger partial charge >= 0.3 is 6.00 Å². The summed E-state index contributed by atoms with van der Waals surface area (Å²) >= 11 is 17.9. The normalized spacial score (nSPS) is 11.5. The molecule has 0 unspecified atom stereocenters. The van der Waals surface area contributed by atoms with Crippen molar-refractivity contribution in [1.82, 2.24) is 0 Å². The Labute approximate surface area is 164 Å². The number of phenols is 1. The molecule has 0 saturated carbocycles. The minimum absolute atomic E-state index is 0.254. The van der Waals surface area contributed by atoms with Gasteiger partial charge in [-0.15, -0.1) is 33.2 Å². The number of hydrogen-bond acceptors (Lipinski definition) is 2. The van der Waals surface area contributed by atoms with Crippen LogP contribution >= 0.6 is 33.2 Å². The topological polar surface area (TPSA) is 29.5 Å². The lowest BCUT2D eigenvalue weighted by Gasteiger charge is -2.13. The van der Waals surface area contributed by atoms with Crippen LogP contribution in [-0.2, 0) is 6.42 Å². The van der Waals surface area contributed by atoms with Crippen LogP contribution in [0.2, 0.25) is 6.04 Å². The van der Waals surface area contributed by atoms with E-state index in [1.807, 2.05) is 30.3 Å². The monoisotopic (exact) mass is 416 g/mol. The number of aryl methyl sites for hydroxylation is 1. The molecule has 2 nitrogen and oxygen atoms in total. The van der Waals surface area contributed by atoms with E-state index in [2.05, 4.69) is 6.92 Å². The van der Waals surface area contributed by atoms with E-state index in [-0.39, 0.29) is 5.75 Å². The maximum absolute atomic E-state index is 9.82. The van der Waals surface area contributed by atoms with Crippen LogP contribution in [0, 0.1) is 0 Å². The lowest BCUT2D eigenvalue weighted by molar-refractivity contribution is 0.309. The standard InChI is InChI=1S/C19H23Cl3O2Si/c1-2-3-12-24-18-9-6-15(7-10-18)19-11-8-17(23)14-16(19)5-4-13-25(20,21)22/h6-11,14,23H,2-5,12-13H2,1H3. The van der Waals surface area contributed by atoms with Gasteiger partial charge in [0.25, 0.3) is 0 Å². The molecule has 0 amide bonds. The highest BCUT2D eigenvalue weighted by molar-refractivity contribution is 7.64. The summed E-state index contributed by atoms with van der Waals surface area (Å²) < 4.78 is 5.71. The molecule has 136 valence electrons. The van der Waals surface area contributed by atoms with Crippen LogP contribution < -0.4 is 4.74 Å². The summed E-state index contributed by atoms with van der Waals surface area (Å²) in [6, 6.07) is 11.5. The second-order valence-corrected chi connectivity index (χ2v) is 15.3. The second-order valence-electron chi connectivity index (χ2n) is 6.04. The van der Waals surface area contributed by atoms with Gasteiger partial charge in [-0.3, -0.25) is 0 Å². The van der Waals surface area contributed by atoms with Gasteiger partial charge in [0.15, 0.2) is 0 Å². The zero-order valence-corrected chi connectivity index (χ0v) is 17.5. The number of unbranched alkanes of at least 4 members (excludes halogenated alkanes) is 1. The highest BCUT2D eigenvalue weighted by Gasteiger charge is 2.24. The van der Waals surface area contributed by atoms with E-state index in [1.165, 1.54) is 0 Å². The van der Waals surface area contributed by atoms with Crippen molar-refractivity contribution in [3.8, 4) is 22.6 Å². The van der Waals surface area contributed by atoms with Crippen molar-refractivity contribution < 1.29 is 9.84 Å². The van der Waals surface area contributed by atoms with Crippen molar-refractivity contribution >= 4 is 39.2 Å². The molecule has 0 fully saturated rings.